The molecular weight excluding hydrogens is 402 g/mol. The topological polar surface area (TPSA) is 72.4 Å². The molecule has 1 aliphatic carbocycles. The van der Waals surface area contributed by atoms with Crippen molar-refractivity contribution >= 4 is 5.82 Å². The summed E-state index contributed by atoms with van der Waals surface area (Å²) >= 11 is 0. The molecule has 2 aliphatic rings. The summed E-state index contributed by atoms with van der Waals surface area (Å²) in [5, 5.41) is 0. The minimum atomic E-state index is -2.96. The number of nitrogens with zero attached hydrogens (tertiary/aromatic N) is 5. The number of rotatable bonds is 9. The van der Waals surface area contributed by atoms with E-state index in [0.29, 0.717) is 17.2 Å². The van der Waals surface area contributed by atoms with Crippen LogP contribution >= 0.6 is 0 Å². The molecule has 0 aromatic carbocycles. The van der Waals surface area contributed by atoms with Gasteiger partial charge in [0.1, 0.15) is 5.82 Å². The average molecular weight is 433 g/mol. The standard InChI is InChI=1S/C22H30F2N6O/c1-15(29-9-7-28(2)8-10-29)5-6-30-14-18(27-20(30)11-16-3-4-16)17-12-19(31-22(23)24)21(25)26-13-17/h12-14,16,22H,1,3-11H2,2H3,(H2,25,26). The van der Waals surface area contributed by atoms with Gasteiger partial charge >= 0.3 is 6.61 Å². The van der Waals surface area contributed by atoms with E-state index in [4.69, 9.17) is 10.7 Å². The van der Waals surface area contributed by atoms with Crippen LogP contribution in [0.15, 0.2) is 30.7 Å². The summed E-state index contributed by atoms with van der Waals surface area (Å²) in [7, 11) is 2.14. The molecule has 0 spiro atoms. The fourth-order valence-corrected chi connectivity index (χ4v) is 3.85. The van der Waals surface area contributed by atoms with Gasteiger partial charge in [0, 0.05) is 69.2 Å². The molecule has 0 radical (unpaired) electrons. The largest absolute Gasteiger partial charge is 0.431 e. The molecule has 0 bridgehead atoms. The van der Waals surface area contributed by atoms with Gasteiger partial charge in [-0.1, -0.05) is 6.58 Å². The zero-order valence-electron chi connectivity index (χ0n) is 17.9. The number of piperazine rings is 1. The summed E-state index contributed by atoms with van der Waals surface area (Å²) in [6, 6.07) is 1.48. The Morgan fingerprint density at radius 2 is 2.03 bits per heavy atom. The Morgan fingerprint density at radius 1 is 1.29 bits per heavy atom. The van der Waals surface area contributed by atoms with Crippen molar-refractivity contribution in [3.8, 4) is 17.0 Å². The van der Waals surface area contributed by atoms with Crippen molar-refractivity contribution in [3.63, 3.8) is 0 Å². The Hall–Kier alpha value is -2.68. The number of halogens is 2. The number of anilines is 1. The molecule has 0 unspecified atom stereocenters. The highest BCUT2D eigenvalue weighted by molar-refractivity contribution is 5.63. The minimum absolute atomic E-state index is 0.0647. The van der Waals surface area contributed by atoms with Crippen LogP contribution in [0, 0.1) is 5.92 Å². The van der Waals surface area contributed by atoms with Crippen molar-refractivity contribution in [2.45, 2.75) is 38.8 Å². The van der Waals surface area contributed by atoms with Crippen LogP contribution in [-0.2, 0) is 13.0 Å². The fraction of sp³-hybridized carbons (Fsp3) is 0.545. The smallest absolute Gasteiger partial charge is 0.387 e. The van der Waals surface area contributed by atoms with E-state index in [-0.39, 0.29) is 11.6 Å². The van der Waals surface area contributed by atoms with Crippen LogP contribution in [0.25, 0.3) is 11.3 Å². The van der Waals surface area contributed by atoms with E-state index in [9.17, 15) is 8.78 Å². The molecule has 2 N–H and O–H groups in total. The summed E-state index contributed by atoms with van der Waals surface area (Å²) < 4.78 is 32.0. The molecule has 7 nitrogen and oxygen atoms in total. The van der Waals surface area contributed by atoms with Gasteiger partial charge in [0.05, 0.1) is 5.69 Å². The highest BCUT2D eigenvalue weighted by Gasteiger charge is 2.25. The lowest BCUT2D eigenvalue weighted by Crippen LogP contribution is -2.43. The highest BCUT2D eigenvalue weighted by atomic mass is 19.3. The zero-order chi connectivity index (χ0) is 22.0. The summed E-state index contributed by atoms with van der Waals surface area (Å²) in [4.78, 5) is 13.5. The van der Waals surface area contributed by atoms with Crippen LogP contribution < -0.4 is 10.5 Å². The molecule has 2 aromatic rings. The van der Waals surface area contributed by atoms with Gasteiger partial charge < -0.3 is 24.8 Å². The normalized spacial score (nSPS) is 17.4. The van der Waals surface area contributed by atoms with Gasteiger partial charge in [-0.2, -0.15) is 8.78 Å². The Balaban J connectivity index is 1.49. The molecule has 2 aromatic heterocycles. The number of alkyl halides is 2. The molecule has 168 valence electrons. The molecule has 9 heteroatoms. The van der Waals surface area contributed by atoms with Gasteiger partial charge in [0.25, 0.3) is 0 Å². The third-order valence-corrected chi connectivity index (χ3v) is 6.01. The molecule has 1 saturated carbocycles. The third-order valence-electron chi connectivity index (χ3n) is 6.01. The Labute approximate surface area is 181 Å². The molecule has 4 rings (SSSR count). The second kappa shape index (κ2) is 9.21. The zero-order valence-corrected chi connectivity index (χ0v) is 17.9. The molecule has 1 saturated heterocycles. The molecule has 3 heterocycles. The van der Waals surface area contributed by atoms with Crippen LogP contribution in [0.2, 0.25) is 0 Å². The van der Waals surface area contributed by atoms with Gasteiger partial charge in [0.15, 0.2) is 11.6 Å². The lowest BCUT2D eigenvalue weighted by molar-refractivity contribution is -0.0494. The summed E-state index contributed by atoms with van der Waals surface area (Å²) in [5.41, 5.74) is 8.11. The van der Waals surface area contributed by atoms with Crippen molar-refractivity contribution in [3.05, 3.63) is 36.6 Å². The van der Waals surface area contributed by atoms with Gasteiger partial charge in [-0.25, -0.2) is 9.97 Å². The van der Waals surface area contributed by atoms with E-state index in [0.717, 1.165) is 57.1 Å². The molecule has 0 atom stereocenters. The number of imidazole rings is 1. The lowest BCUT2D eigenvalue weighted by atomic mass is 10.2. The molecule has 2 fully saturated rings. The maximum absolute atomic E-state index is 12.7. The van der Waals surface area contributed by atoms with Crippen LogP contribution in [0.5, 0.6) is 5.75 Å². The summed E-state index contributed by atoms with van der Waals surface area (Å²) in [6.45, 7) is 6.23. The van der Waals surface area contributed by atoms with E-state index in [1.807, 2.05) is 6.20 Å². The quantitative estimate of drug-likeness (QED) is 0.656. The van der Waals surface area contributed by atoms with Crippen molar-refractivity contribution in [2.24, 2.45) is 5.92 Å². The first-order valence-corrected chi connectivity index (χ1v) is 10.8. The minimum Gasteiger partial charge on any atom is -0.431 e. The van der Waals surface area contributed by atoms with Gasteiger partial charge in [0.2, 0.25) is 0 Å². The summed E-state index contributed by atoms with van der Waals surface area (Å²) in [5.74, 6) is 1.49. The van der Waals surface area contributed by atoms with Gasteiger partial charge in [-0.3, -0.25) is 0 Å². The van der Waals surface area contributed by atoms with Gasteiger partial charge in [-0.15, -0.1) is 0 Å². The number of aryl methyl sites for hydroxylation is 1. The number of pyridine rings is 1. The molecule has 31 heavy (non-hydrogen) atoms. The van der Waals surface area contributed by atoms with Crippen molar-refractivity contribution in [2.75, 3.05) is 39.0 Å². The lowest BCUT2D eigenvalue weighted by Gasteiger charge is -2.35. The highest BCUT2D eigenvalue weighted by Crippen LogP contribution is 2.34. The maximum atomic E-state index is 12.7. The van der Waals surface area contributed by atoms with E-state index in [1.54, 1.807) is 6.20 Å². The Bertz CT molecular complexity index is 919. The van der Waals surface area contributed by atoms with Crippen LogP contribution in [0.1, 0.15) is 25.1 Å². The van der Waals surface area contributed by atoms with Crippen molar-refractivity contribution < 1.29 is 13.5 Å². The molecule has 0 amide bonds. The first kappa shape index (κ1) is 21.5. The van der Waals surface area contributed by atoms with Crippen molar-refractivity contribution in [1.82, 2.24) is 24.3 Å². The summed E-state index contributed by atoms with van der Waals surface area (Å²) in [6.07, 6.45) is 7.73. The Kier molecular flexibility index (Phi) is 6.41. The number of allylic oxidation sites excluding steroid dienone is 1. The SMILES string of the molecule is C=C(CCn1cc(-c2cnc(N)c(OC(F)F)c2)nc1CC1CC1)N1CCN(C)CC1. The predicted molar refractivity (Wildman–Crippen MR) is 116 cm³/mol. The van der Waals surface area contributed by atoms with E-state index < -0.39 is 6.61 Å². The number of nitrogens with two attached hydrogens (primary N) is 1. The monoisotopic (exact) mass is 432 g/mol. The third kappa shape index (κ3) is 5.52. The van der Waals surface area contributed by atoms with Crippen LogP contribution in [-0.4, -0.2) is 64.2 Å². The van der Waals surface area contributed by atoms with Gasteiger partial charge in [-0.05, 0) is 31.9 Å². The van der Waals surface area contributed by atoms with Crippen LogP contribution in [0.4, 0.5) is 14.6 Å². The average Bonchev–Trinajstić information content (AvgIpc) is 3.46. The van der Waals surface area contributed by atoms with Crippen molar-refractivity contribution in [1.29, 1.82) is 0 Å². The second-order valence-electron chi connectivity index (χ2n) is 8.48. The second-order valence-corrected chi connectivity index (χ2v) is 8.48. The first-order chi connectivity index (χ1) is 14.9. The molecule has 1 aliphatic heterocycles. The predicted octanol–water partition coefficient (Wildman–Crippen LogP) is 3.23. The number of ether oxygens (including phenoxy) is 1. The van der Waals surface area contributed by atoms with E-state index in [2.05, 4.69) is 37.7 Å². The maximum Gasteiger partial charge on any atom is 0.387 e. The number of hydrogen-bond donors (Lipinski definition) is 1. The van der Waals surface area contributed by atoms with E-state index >= 15 is 0 Å². The number of hydrogen-bond acceptors (Lipinski definition) is 6. The number of aromatic nitrogens is 3. The Morgan fingerprint density at radius 3 is 2.71 bits per heavy atom. The number of nitrogen functional groups attached to an aromatic ring is 1. The van der Waals surface area contributed by atoms with Crippen LogP contribution in [0.3, 0.4) is 0 Å². The molecular formula is C22H30F2N6O. The first-order valence-electron chi connectivity index (χ1n) is 10.8. The fourth-order valence-electron chi connectivity index (χ4n) is 3.85. The van der Waals surface area contributed by atoms with E-state index in [1.165, 1.54) is 18.9 Å². The number of likely N-dealkylation sites (N-methyl/N-ethyl adjacent to an activating group) is 1.